The minimum atomic E-state index is -2.31. The molecule has 6 heteroatoms. The van der Waals surface area contributed by atoms with Crippen LogP contribution in [-0.2, 0) is 9.53 Å². The second kappa shape index (κ2) is 7.63. The summed E-state index contributed by atoms with van der Waals surface area (Å²) in [4.78, 5) is 13.2. The number of ether oxygens (including phenoxy) is 1. The molecule has 1 aliphatic rings. The van der Waals surface area contributed by atoms with Gasteiger partial charge in [0.15, 0.2) is 0 Å². The van der Waals surface area contributed by atoms with Crippen molar-refractivity contribution in [3.05, 3.63) is 0 Å². The molecular formula is C12H22F2N2O2. The summed E-state index contributed by atoms with van der Waals surface area (Å²) in [5.41, 5.74) is 0. The van der Waals surface area contributed by atoms with Crippen LogP contribution < -0.4 is 5.32 Å². The Labute approximate surface area is 107 Å². The second-order valence-corrected chi connectivity index (χ2v) is 4.92. The molecule has 18 heavy (non-hydrogen) atoms. The number of nitrogens with one attached hydrogen (secondary N) is 1. The summed E-state index contributed by atoms with van der Waals surface area (Å²) in [5.74, 6) is 0.219. The van der Waals surface area contributed by atoms with Gasteiger partial charge in [-0.3, -0.25) is 4.79 Å². The van der Waals surface area contributed by atoms with Crippen LogP contribution in [0.15, 0.2) is 0 Å². The number of carbonyl (C=O) groups is 1. The van der Waals surface area contributed by atoms with Gasteiger partial charge in [-0.1, -0.05) is 6.92 Å². The minimum Gasteiger partial charge on any atom is -0.469 e. The first kappa shape index (κ1) is 15.3. The average molecular weight is 264 g/mol. The zero-order valence-corrected chi connectivity index (χ0v) is 11.0. The number of methoxy groups -OCH3 is 1. The molecule has 1 rings (SSSR count). The second-order valence-electron chi connectivity index (χ2n) is 4.92. The number of esters is 1. The van der Waals surface area contributed by atoms with Gasteiger partial charge in [0.25, 0.3) is 6.43 Å². The number of likely N-dealkylation sites (tertiary alicyclic amines) is 1. The molecule has 2 atom stereocenters. The summed E-state index contributed by atoms with van der Waals surface area (Å²) in [5, 5.41) is 2.88. The molecule has 0 aromatic rings. The Bertz CT molecular complexity index is 264. The lowest BCUT2D eigenvalue weighted by molar-refractivity contribution is -0.141. The molecule has 0 aromatic carbocycles. The van der Waals surface area contributed by atoms with E-state index in [1.165, 1.54) is 7.11 Å². The van der Waals surface area contributed by atoms with E-state index in [0.717, 1.165) is 13.0 Å². The highest BCUT2D eigenvalue weighted by atomic mass is 19.3. The fourth-order valence-corrected chi connectivity index (χ4v) is 2.40. The largest absolute Gasteiger partial charge is 0.469 e. The van der Waals surface area contributed by atoms with Crippen LogP contribution in [0.4, 0.5) is 8.78 Å². The first-order chi connectivity index (χ1) is 8.51. The molecule has 1 saturated heterocycles. The normalized spacial score (nSPS) is 25.4. The van der Waals surface area contributed by atoms with Crippen molar-refractivity contribution in [1.82, 2.24) is 10.2 Å². The molecular weight excluding hydrogens is 242 g/mol. The van der Waals surface area contributed by atoms with Crippen LogP contribution in [0.1, 0.15) is 19.8 Å². The third-order valence-electron chi connectivity index (χ3n) is 3.16. The molecule has 106 valence electrons. The summed E-state index contributed by atoms with van der Waals surface area (Å²) < 4.78 is 28.9. The smallest absolute Gasteiger partial charge is 0.306 e. The predicted octanol–water partition coefficient (Wildman–Crippen LogP) is 1.11. The lowest BCUT2D eigenvalue weighted by Crippen LogP contribution is -2.50. The van der Waals surface area contributed by atoms with E-state index < -0.39 is 6.43 Å². The van der Waals surface area contributed by atoms with E-state index in [1.54, 1.807) is 0 Å². The zero-order chi connectivity index (χ0) is 13.5. The number of nitrogens with zero attached hydrogens (tertiary/aromatic N) is 1. The Hall–Kier alpha value is -0.750. The topological polar surface area (TPSA) is 41.6 Å². The van der Waals surface area contributed by atoms with Crippen molar-refractivity contribution in [2.45, 2.75) is 32.2 Å². The van der Waals surface area contributed by atoms with E-state index in [2.05, 4.69) is 21.9 Å². The van der Waals surface area contributed by atoms with Crippen molar-refractivity contribution in [1.29, 1.82) is 0 Å². The Balaban J connectivity index is 2.33. The first-order valence-electron chi connectivity index (χ1n) is 6.32. The summed E-state index contributed by atoms with van der Waals surface area (Å²) in [7, 11) is 1.37. The fraction of sp³-hybridized carbons (Fsp3) is 0.917. The lowest BCUT2D eigenvalue weighted by Gasteiger charge is -2.36. The lowest BCUT2D eigenvalue weighted by atomic mass is 9.96. The van der Waals surface area contributed by atoms with Gasteiger partial charge in [0.2, 0.25) is 0 Å². The maximum atomic E-state index is 12.1. The van der Waals surface area contributed by atoms with E-state index in [-0.39, 0.29) is 18.6 Å². The summed E-state index contributed by atoms with van der Waals surface area (Å²) >= 11 is 0. The molecule has 1 fully saturated rings. The first-order valence-corrected chi connectivity index (χ1v) is 6.32. The quantitative estimate of drug-likeness (QED) is 0.730. The van der Waals surface area contributed by atoms with E-state index in [1.807, 2.05) is 0 Å². The van der Waals surface area contributed by atoms with Crippen LogP contribution >= 0.6 is 0 Å². The van der Waals surface area contributed by atoms with Crippen LogP contribution in [0.3, 0.4) is 0 Å². The molecule has 0 radical (unpaired) electrons. The van der Waals surface area contributed by atoms with Crippen molar-refractivity contribution < 1.29 is 18.3 Å². The zero-order valence-electron chi connectivity index (χ0n) is 11.0. The van der Waals surface area contributed by atoms with Crippen molar-refractivity contribution in [3.63, 3.8) is 0 Å². The van der Waals surface area contributed by atoms with Gasteiger partial charge in [-0.15, -0.1) is 0 Å². The Morgan fingerprint density at radius 3 is 2.83 bits per heavy atom. The summed E-state index contributed by atoms with van der Waals surface area (Å²) in [6, 6.07) is 0.0837. The van der Waals surface area contributed by atoms with Crippen molar-refractivity contribution in [2.75, 3.05) is 33.3 Å². The molecule has 0 bridgehead atoms. The van der Waals surface area contributed by atoms with Gasteiger partial charge < -0.3 is 15.0 Å². The van der Waals surface area contributed by atoms with Crippen molar-refractivity contribution >= 4 is 5.97 Å². The molecule has 1 aliphatic heterocycles. The predicted molar refractivity (Wildman–Crippen MR) is 64.6 cm³/mol. The number of hydrogen-bond acceptors (Lipinski definition) is 4. The van der Waals surface area contributed by atoms with Gasteiger partial charge in [-0.2, -0.15) is 0 Å². The molecule has 1 heterocycles. The number of piperidine rings is 1. The van der Waals surface area contributed by atoms with Crippen LogP contribution in [-0.4, -0.2) is 56.6 Å². The molecule has 0 aromatic heterocycles. The molecule has 0 aliphatic carbocycles. The maximum Gasteiger partial charge on any atom is 0.306 e. The van der Waals surface area contributed by atoms with Gasteiger partial charge >= 0.3 is 5.97 Å². The number of halogens is 2. The molecule has 0 amide bonds. The van der Waals surface area contributed by atoms with Gasteiger partial charge in [-0.05, 0) is 12.3 Å². The van der Waals surface area contributed by atoms with Gasteiger partial charge in [0.05, 0.1) is 20.1 Å². The van der Waals surface area contributed by atoms with Crippen LogP contribution in [0, 0.1) is 5.92 Å². The number of carbonyl (C=O) groups excluding carboxylic acids is 1. The van der Waals surface area contributed by atoms with E-state index in [0.29, 0.717) is 25.4 Å². The summed E-state index contributed by atoms with van der Waals surface area (Å²) in [6.07, 6.45) is -1.06. The number of hydrogen-bond donors (Lipinski definition) is 1. The molecule has 2 unspecified atom stereocenters. The van der Waals surface area contributed by atoms with Gasteiger partial charge in [0, 0.05) is 25.7 Å². The van der Waals surface area contributed by atoms with Gasteiger partial charge in [-0.25, -0.2) is 8.78 Å². The highest BCUT2D eigenvalue weighted by Gasteiger charge is 2.25. The summed E-state index contributed by atoms with van der Waals surface area (Å²) in [6.45, 7) is 4.09. The monoisotopic (exact) mass is 264 g/mol. The third-order valence-corrected chi connectivity index (χ3v) is 3.16. The average Bonchev–Trinajstić information content (AvgIpc) is 2.33. The fourth-order valence-electron chi connectivity index (χ4n) is 2.40. The SMILES string of the molecule is COC(=O)CCN1CC(C)CC(NCC(F)F)C1. The highest BCUT2D eigenvalue weighted by Crippen LogP contribution is 2.16. The van der Waals surface area contributed by atoms with Gasteiger partial charge in [0.1, 0.15) is 0 Å². The molecule has 0 saturated carbocycles. The molecule has 4 nitrogen and oxygen atoms in total. The van der Waals surface area contributed by atoms with Crippen molar-refractivity contribution in [3.8, 4) is 0 Å². The van der Waals surface area contributed by atoms with Crippen molar-refractivity contribution in [2.24, 2.45) is 5.92 Å². The van der Waals surface area contributed by atoms with Crippen LogP contribution in [0.25, 0.3) is 0 Å². The molecule has 1 N–H and O–H groups in total. The Morgan fingerprint density at radius 1 is 1.50 bits per heavy atom. The highest BCUT2D eigenvalue weighted by molar-refractivity contribution is 5.69. The molecule has 0 spiro atoms. The maximum absolute atomic E-state index is 12.1. The number of alkyl halides is 2. The van der Waals surface area contributed by atoms with Crippen LogP contribution in [0.5, 0.6) is 0 Å². The number of rotatable bonds is 6. The third kappa shape index (κ3) is 5.73. The minimum absolute atomic E-state index is 0.0837. The Morgan fingerprint density at radius 2 is 2.22 bits per heavy atom. The van der Waals surface area contributed by atoms with E-state index in [4.69, 9.17) is 0 Å². The van der Waals surface area contributed by atoms with E-state index in [9.17, 15) is 13.6 Å². The standard InChI is InChI=1S/C12H22F2N2O2/c1-9-5-10(15-6-11(13)14)8-16(7-9)4-3-12(17)18-2/h9-11,15H,3-8H2,1-2H3. The van der Waals surface area contributed by atoms with Crippen LogP contribution in [0.2, 0.25) is 0 Å². The Kier molecular flexibility index (Phi) is 6.49. The van der Waals surface area contributed by atoms with E-state index >= 15 is 0 Å².